The molecule has 24 heavy (non-hydrogen) atoms. The highest BCUT2D eigenvalue weighted by atomic mass is 16.6. The first-order chi connectivity index (χ1) is 11.5. The molecule has 0 aromatic heterocycles. The van der Waals surface area contributed by atoms with E-state index in [4.69, 9.17) is 9.47 Å². The number of ether oxygens (including phenoxy) is 2. The van der Waals surface area contributed by atoms with Crippen molar-refractivity contribution in [3.8, 4) is 5.75 Å². The van der Waals surface area contributed by atoms with Gasteiger partial charge in [-0.25, -0.2) is 4.79 Å². The Morgan fingerprint density at radius 2 is 1.92 bits per heavy atom. The molecule has 0 fully saturated rings. The molecule has 0 radical (unpaired) electrons. The smallest absolute Gasteiger partial charge is 0.331 e. The van der Waals surface area contributed by atoms with Gasteiger partial charge in [0.1, 0.15) is 12.4 Å². The molecule has 0 unspecified atom stereocenters. The third-order valence-corrected chi connectivity index (χ3v) is 3.33. The molecular formula is C18H17NO5. The van der Waals surface area contributed by atoms with Crippen LogP contribution in [0.1, 0.15) is 16.7 Å². The van der Waals surface area contributed by atoms with Gasteiger partial charge in [0.25, 0.3) is 5.69 Å². The lowest BCUT2D eigenvalue weighted by Crippen LogP contribution is -2.03. The van der Waals surface area contributed by atoms with Gasteiger partial charge in [-0.2, -0.15) is 0 Å². The van der Waals surface area contributed by atoms with E-state index in [2.05, 4.69) is 0 Å². The minimum Gasteiger partial charge on any atom is -0.496 e. The predicted molar refractivity (Wildman–Crippen MR) is 89.7 cm³/mol. The number of nitrogens with zero attached hydrogens (tertiary/aromatic N) is 1. The summed E-state index contributed by atoms with van der Waals surface area (Å²) < 4.78 is 10.2. The van der Waals surface area contributed by atoms with Gasteiger partial charge in [-0.3, -0.25) is 10.1 Å². The topological polar surface area (TPSA) is 78.7 Å². The number of benzene rings is 2. The molecule has 0 aliphatic heterocycles. The molecule has 0 saturated carbocycles. The van der Waals surface area contributed by atoms with E-state index in [1.54, 1.807) is 6.08 Å². The van der Waals surface area contributed by atoms with E-state index in [9.17, 15) is 14.9 Å². The Morgan fingerprint density at radius 3 is 2.54 bits per heavy atom. The number of non-ortho nitro benzene ring substituents is 1. The Kier molecular flexibility index (Phi) is 5.68. The lowest BCUT2D eigenvalue weighted by molar-refractivity contribution is -0.385. The molecule has 0 heterocycles. The average Bonchev–Trinajstić information content (AvgIpc) is 2.59. The second-order valence-corrected chi connectivity index (χ2v) is 5.10. The van der Waals surface area contributed by atoms with Crippen molar-refractivity contribution in [1.29, 1.82) is 0 Å². The highest BCUT2D eigenvalue weighted by molar-refractivity contribution is 5.87. The minimum atomic E-state index is -0.538. The van der Waals surface area contributed by atoms with Crippen LogP contribution >= 0.6 is 0 Å². The lowest BCUT2D eigenvalue weighted by Gasteiger charge is -2.08. The van der Waals surface area contributed by atoms with Crippen LogP contribution in [-0.2, 0) is 16.1 Å². The number of hydrogen-bond acceptors (Lipinski definition) is 5. The zero-order valence-corrected chi connectivity index (χ0v) is 13.4. The van der Waals surface area contributed by atoms with Gasteiger partial charge in [-0.1, -0.05) is 29.8 Å². The number of aryl methyl sites for hydroxylation is 1. The Balaban J connectivity index is 2.01. The molecule has 0 bridgehead atoms. The molecule has 0 N–H and O–H groups in total. The maximum atomic E-state index is 11.8. The first-order valence-corrected chi connectivity index (χ1v) is 7.22. The van der Waals surface area contributed by atoms with Gasteiger partial charge in [0.05, 0.1) is 12.0 Å². The summed E-state index contributed by atoms with van der Waals surface area (Å²) in [5.74, 6) is -0.111. The van der Waals surface area contributed by atoms with E-state index in [1.165, 1.54) is 31.4 Å². The zero-order chi connectivity index (χ0) is 17.5. The summed E-state index contributed by atoms with van der Waals surface area (Å²) in [6.07, 6.45) is 2.96. The Bertz CT molecular complexity index is 765. The van der Waals surface area contributed by atoms with Crippen molar-refractivity contribution in [2.24, 2.45) is 0 Å². The van der Waals surface area contributed by atoms with E-state index in [-0.39, 0.29) is 12.3 Å². The standard InChI is InChI=1S/C18H17NO5/c1-13-3-5-14(6-4-13)7-10-18(20)24-12-15-11-16(19(21)22)8-9-17(15)23-2/h3-11H,12H2,1-2H3/b10-7+. The molecule has 2 rings (SSSR count). The van der Waals surface area contributed by atoms with Gasteiger partial charge in [-0.05, 0) is 24.6 Å². The van der Waals surface area contributed by atoms with E-state index >= 15 is 0 Å². The maximum Gasteiger partial charge on any atom is 0.331 e. The number of carbonyl (C=O) groups is 1. The van der Waals surface area contributed by atoms with Crippen LogP contribution in [0.4, 0.5) is 5.69 Å². The van der Waals surface area contributed by atoms with Gasteiger partial charge < -0.3 is 9.47 Å². The van der Waals surface area contributed by atoms with Gasteiger partial charge in [-0.15, -0.1) is 0 Å². The summed E-state index contributed by atoms with van der Waals surface area (Å²) in [7, 11) is 1.45. The van der Waals surface area contributed by atoms with Gasteiger partial charge in [0.15, 0.2) is 0 Å². The summed E-state index contributed by atoms with van der Waals surface area (Å²) in [4.78, 5) is 22.1. The van der Waals surface area contributed by atoms with E-state index in [1.807, 2.05) is 31.2 Å². The summed E-state index contributed by atoms with van der Waals surface area (Å²) in [5.41, 5.74) is 2.36. The fraction of sp³-hybridized carbons (Fsp3) is 0.167. The number of nitro groups is 1. The Morgan fingerprint density at radius 1 is 1.21 bits per heavy atom. The van der Waals surface area contributed by atoms with Crippen molar-refractivity contribution in [1.82, 2.24) is 0 Å². The summed E-state index contributed by atoms with van der Waals surface area (Å²) in [6.45, 7) is 1.87. The number of methoxy groups -OCH3 is 1. The van der Waals surface area contributed by atoms with Crippen molar-refractivity contribution in [3.63, 3.8) is 0 Å². The van der Waals surface area contributed by atoms with Crippen LogP contribution in [-0.4, -0.2) is 18.0 Å². The molecule has 2 aromatic carbocycles. The van der Waals surface area contributed by atoms with Crippen molar-refractivity contribution < 1.29 is 19.2 Å². The maximum absolute atomic E-state index is 11.8. The number of carbonyl (C=O) groups excluding carboxylic acids is 1. The van der Waals surface area contributed by atoms with Crippen LogP contribution in [0.25, 0.3) is 6.08 Å². The molecule has 6 heteroatoms. The molecule has 0 aliphatic rings. The summed E-state index contributed by atoms with van der Waals surface area (Å²) in [5, 5.41) is 10.8. The molecule has 0 atom stereocenters. The quantitative estimate of drug-likeness (QED) is 0.350. The summed E-state index contributed by atoms with van der Waals surface area (Å²) >= 11 is 0. The molecule has 0 aliphatic carbocycles. The molecule has 124 valence electrons. The van der Waals surface area contributed by atoms with Crippen molar-refractivity contribution >= 4 is 17.7 Å². The monoisotopic (exact) mass is 327 g/mol. The molecule has 6 nitrogen and oxygen atoms in total. The van der Waals surface area contributed by atoms with Crippen LogP contribution in [0.15, 0.2) is 48.5 Å². The second kappa shape index (κ2) is 7.92. The SMILES string of the molecule is COc1ccc([N+](=O)[O-])cc1COC(=O)/C=C/c1ccc(C)cc1. The highest BCUT2D eigenvalue weighted by Gasteiger charge is 2.12. The Labute approximate surface area is 139 Å². The second-order valence-electron chi connectivity index (χ2n) is 5.10. The first-order valence-electron chi connectivity index (χ1n) is 7.22. The fourth-order valence-corrected chi connectivity index (χ4v) is 2.03. The lowest BCUT2D eigenvalue weighted by atomic mass is 10.1. The van der Waals surface area contributed by atoms with Crippen molar-refractivity contribution in [2.75, 3.05) is 7.11 Å². The van der Waals surface area contributed by atoms with Crippen LogP contribution in [0.2, 0.25) is 0 Å². The average molecular weight is 327 g/mol. The normalized spacial score (nSPS) is 10.6. The third-order valence-electron chi connectivity index (χ3n) is 3.33. The predicted octanol–water partition coefficient (Wildman–Crippen LogP) is 3.67. The van der Waals surface area contributed by atoms with Crippen LogP contribution < -0.4 is 4.74 Å². The molecular weight excluding hydrogens is 310 g/mol. The number of rotatable bonds is 6. The van der Waals surface area contributed by atoms with Crippen molar-refractivity contribution in [3.05, 3.63) is 75.3 Å². The van der Waals surface area contributed by atoms with Crippen LogP contribution in [0.3, 0.4) is 0 Å². The van der Waals surface area contributed by atoms with E-state index in [0.29, 0.717) is 11.3 Å². The van der Waals surface area contributed by atoms with Crippen molar-refractivity contribution in [2.45, 2.75) is 13.5 Å². The van der Waals surface area contributed by atoms with Crippen LogP contribution in [0.5, 0.6) is 5.75 Å². The minimum absolute atomic E-state index is 0.0861. The van der Waals surface area contributed by atoms with E-state index in [0.717, 1.165) is 11.1 Å². The molecule has 2 aromatic rings. The summed E-state index contributed by atoms with van der Waals surface area (Å²) in [6, 6.07) is 11.8. The van der Waals surface area contributed by atoms with Crippen LogP contribution in [0, 0.1) is 17.0 Å². The number of nitro benzene ring substituents is 1. The number of hydrogen-bond donors (Lipinski definition) is 0. The Hall–Kier alpha value is -3.15. The zero-order valence-electron chi connectivity index (χ0n) is 13.4. The van der Waals surface area contributed by atoms with E-state index < -0.39 is 10.9 Å². The van der Waals surface area contributed by atoms with Gasteiger partial charge >= 0.3 is 5.97 Å². The van der Waals surface area contributed by atoms with Gasteiger partial charge in [0.2, 0.25) is 0 Å². The molecule has 0 amide bonds. The fourth-order valence-electron chi connectivity index (χ4n) is 2.03. The number of esters is 1. The largest absolute Gasteiger partial charge is 0.496 e. The van der Waals surface area contributed by atoms with Gasteiger partial charge in [0, 0.05) is 23.8 Å². The first kappa shape index (κ1) is 17.2. The molecule has 0 spiro atoms. The third kappa shape index (κ3) is 4.67. The highest BCUT2D eigenvalue weighted by Crippen LogP contribution is 2.24. The molecule has 0 saturated heterocycles.